The Morgan fingerprint density at radius 1 is 1.15 bits per heavy atom. The molecule has 1 aliphatic heterocycles. The van der Waals surface area contributed by atoms with E-state index in [-0.39, 0.29) is 37.6 Å². The third-order valence-electron chi connectivity index (χ3n) is 5.50. The molecule has 172 valence electrons. The van der Waals surface area contributed by atoms with E-state index in [2.05, 4.69) is 10.3 Å². The van der Waals surface area contributed by atoms with Gasteiger partial charge < -0.3 is 10.1 Å². The number of aromatic nitrogens is 2. The largest absolute Gasteiger partial charge is 0.464 e. The van der Waals surface area contributed by atoms with Crippen LogP contribution in [0.1, 0.15) is 25.8 Å². The lowest BCUT2D eigenvalue weighted by atomic mass is 10.1. The van der Waals surface area contributed by atoms with Gasteiger partial charge in [-0.2, -0.15) is 0 Å². The fourth-order valence-electron chi connectivity index (χ4n) is 3.63. The standard InChI is InChI=1S/C23H24N4O5S/c1-14-4-6-15(7-5-14)16-12-33-19-18(16)20(29)26(13-24-19)9-8-17(28)32-11-10-27-21(30)23(2,3)25-22(27)31/h4-7,12-13H,8-11H2,1-3H3,(H,25,31). The number of aryl methyl sites for hydroxylation is 2. The van der Waals surface area contributed by atoms with E-state index in [1.807, 2.05) is 36.6 Å². The summed E-state index contributed by atoms with van der Waals surface area (Å²) in [5.74, 6) is -0.896. The molecule has 0 saturated carbocycles. The molecule has 1 saturated heterocycles. The Hall–Kier alpha value is -3.53. The lowest BCUT2D eigenvalue weighted by Gasteiger charge is -2.15. The lowest BCUT2D eigenvalue weighted by Crippen LogP contribution is -2.40. The van der Waals surface area contributed by atoms with Gasteiger partial charge >= 0.3 is 12.0 Å². The molecule has 2 aromatic heterocycles. The summed E-state index contributed by atoms with van der Waals surface area (Å²) in [6, 6.07) is 7.41. The molecule has 33 heavy (non-hydrogen) atoms. The number of nitrogens with zero attached hydrogens (tertiary/aromatic N) is 3. The number of hydrogen-bond acceptors (Lipinski definition) is 7. The Bertz CT molecular complexity index is 1290. The van der Waals surface area contributed by atoms with Crippen molar-refractivity contribution in [1.82, 2.24) is 19.8 Å². The van der Waals surface area contributed by atoms with Crippen LogP contribution in [0.15, 0.2) is 40.8 Å². The van der Waals surface area contributed by atoms with Crippen molar-refractivity contribution in [2.24, 2.45) is 0 Å². The molecule has 1 aliphatic rings. The molecule has 3 aromatic rings. The van der Waals surface area contributed by atoms with E-state index in [1.165, 1.54) is 22.2 Å². The van der Waals surface area contributed by atoms with E-state index in [9.17, 15) is 19.2 Å². The molecule has 1 fully saturated rings. The van der Waals surface area contributed by atoms with E-state index < -0.39 is 17.5 Å². The smallest absolute Gasteiger partial charge is 0.325 e. The first-order valence-electron chi connectivity index (χ1n) is 10.5. The number of amides is 3. The minimum absolute atomic E-state index is 0.0257. The maximum absolute atomic E-state index is 13.1. The molecule has 0 unspecified atom stereocenters. The van der Waals surface area contributed by atoms with Gasteiger partial charge in [0.1, 0.15) is 17.0 Å². The number of benzene rings is 1. The quantitative estimate of drug-likeness (QED) is 0.422. The van der Waals surface area contributed by atoms with Gasteiger partial charge in [0, 0.05) is 17.5 Å². The Morgan fingerprint density at radius 3 is 2.55 bits per heavy atom. The summed E-state index contributed by atoms with van der Waals surface area (Å²) >= 11 is 1.40. The van der Waals surface area contributed by atoms with Gasteiger partial charge in [-0.25, -0.2) is 9.78 Å². The maximum Gasteiger partial charge on any atom is 0.325 e. The normalized spacial score (nSPS) is 15.2. The highest BCUT2D eigenvalue weighted by Crippen LogP contribution is 2.30. The summed E-state index contributed by atoms with van der Waals surface area (Å²) < 4.78 is 6.56. The van der Waals surface area contributed by atoms with Crippen molar-refractivity contribution in [1.29, 1.82) is 0 Å². The van der Waals surface area contributed by atoms with Crippen LogP contribution < -0.4 is 10.9 Å². The van der Waals surface area contributed by atoms with Gasteiger partial charge in [0.2, 0.25) is 0 Å². The molecule has 1 aromatic carbocycles. The number of carbonyl (C=O) groups excluding carboxylic acids is 3. The van der Waals surface area contributed by atoms with Crippen molar-refractivity contribution in [3.8, 4) is 11.1 Å². The average Bonchev–Trinajstić information content (AvgIpc) is 3.28. The maximum atomic E-state index is 13.1. The fourth-order valence-corrected chi connectivity index (χ4v) is 4.53. The highest BCUT2D eigenvalue weighted by Gasteiger charge is 2.43. The van der Waals surface area contributed by atoms with Gasteiger partial charge in [-0.15, -0.1) is 11.3 Å². The third kappa shape index (κ3) is 4.51. The zero-order valence-electron chi connectivity index (χ0n) is 18.6. The zero-order valence-corrected chi connectivity index (χ0v) is 19.4. The van der Waals surface area contributed by atoms with Crippen molar-refractivity contribution in [2.75, 3.05) is 13.2 Å². The number of thiophene rings is 1. The summed E-state index contributed by atoms with van der Waals surface area (Å²) in [5, 5.41) is 5.01. The minimum atomic E-state index is -0.965. The second-order valence-corrected chi connectivity index (χ2v) is 9.28. The number of urea groups is 1. The van der Waals surface area contributed by atoms with Crippen LogP contribution in [0.3, 0.4) is 0 Å². The SMILES string of the molecule is Cc1ccc(-c2csc3ncn(CCC(=O)OCCN4C(=O)NC(C)(C)C4=O)c(=O)c23)cc1. The van der Waals surface area contributed by atoms with Gasteiger partial charge in [-0.1, -0.05) is 29.8 Å². The molecule has 3 heterocycles. The van der Waals surface area contributed by atoms with Gasteiger partial charge in [-0.05, 0) is 26.3 Å². The molecular weight excluding hydrogens is 444 g/mol. The zero-order chi connectivity index (χ0) is 23.8. The summed E-state index contributed by atoms with van der Waals surface area (Å²) in [6.45, 7) is 5.20. The Labute approximate surface area is 194 Å². The summed E-state index contributed by atoms with van der Waals surface area (Å²) in [4.78, 5) is 55.3. The Balaban J connectivity index is 1.39. The van der Waals surface area contributed by atoms with Crippen LogP contribution in [0.2, 0.25) is 0 Å². The molecule has 0 spiro atoms. The molecular formula is C23H24N4O5S. The number of imide groups is 1. The van der Waals surface area contributed by atoms with E-state index in [4.69, 9.17) is 4.74 Å². The van der Waals surface area contributed by atoms with E-state index >= 15 is 0 Å². The minimum Gasteiger partial charge on any atom is -0.464 e. The van der Waals surface area contributed by atoms with Crippen molar-refractivity contribution in [3.05, 3.63) is 51.9 Å². The van der Waals surface area contributed by atoms with Crippen molar-refractivity contribution < 1.29 is 19.1 Å². The van der Waals surface area contributed by atoms with Crippen LogP contribution in [-0.2, 0) is 20.9 Å². The van der Waals surface area contributed by atoms with Crippen molar-refractivity contribution in [3.63, 3.8) is 0 Å². The van der Waals surface area contributed by atoms with Crippen LogP contribution in [0.25, 0.3) is 21.3 Å². The average molecular weight is 469 g/mol. The number of hydrogen-bond donors (Lipinski definition) is 1. The fraction of sp³-hybridized carbons (Fsp3) is 0.348. The second kappa shape index (κ2) is 8.78. The van der Waals surface area contributed by atoms with E-state index in [1.54, 1.807) is 13.8 Å². The lowest BCUT2D eigenvalue weighted by molar-refractivity contribution is -0.145. The molecule has 0 atom stereocenters. The summed E-state index contributed by atoms with van der Waals surface area (Å²) in [7, 11) is 0. The molecule has 0 bridgehead atoms. The highest BCUT2D eigenvalue weighted by atomic mass is 32.1. The van der Waals surface area contributed by atoms with Gasteiger partial charge in [-0.3, -0.25) is 23.9 Å². The topological polar surface area (TPSA) is 111 Å². The predicted octanol–water partition coefficient (Wildman–Crippen LogP) is 2.70. The number of esters is 1. The van der Waals surface area contributed by atoms with Crippen molar-refractivity contribution in [2.45, 2.75) is 39.3 Å². The number of fused-ring (bicyclic) bond motifs is 1. The summed E-state index contributed by atoms with van der Waals surface area (Å²) in [5.41, 5.74) is 1.71. The Morgan fingerprint density at radius 2 is 1.88 bits per heavy atom. The van der Waals surface area contributed by atoms with Gasteiger partial charge in [0.05, 0.1) is 24.7 Å². The first-order valence-corrected chi connectivity index (χ1v) is 11.4. The number of rotatable bonds is 7. The van der Waals surface area contributed by atoms with Crippen molar-refractivity contribution >= 4 is 39.5 Å². The molecule has 1 N–H and O–H groups in total. The van der Waals surface area contributed by atoms with Gasteiger partial charge in [0.15, 0.2) is 0 Å². The predicted molar refractivity (Wildman–Crippen MR) is 124 cm³/mol. The molecule has 9 nitrogen and oxygen atoms in total. The van der Waals surface area contributed by atoms with Crippen LogP contribution in [0.5, 0.6) is 0 Å². The van der Waals surface area contributed by atoms with E-state index in [0.717, 1.165) is 21.6 Å². The first-order chi connectivity index (χ1) is 15.7. The molecule has 10 heteroatoms. The molecule has 0 aliphatic carbocycles. The van der Waals surface area contributed by atoms with Crippen LogP contribution in [0.4, 0.5) is 4.79 Å². The van der Waals surface area contributed by atoms with Crippen LogP contribution in [0, 0.1) is 6.92 Å². The highest BCUT2D eigenvalue weighted by molar-refractivity contribution is 7.17. The third-order valence-corrected chi connectivity index (χ3v) is 6.39. The number of nitrogens with one attached hydrogen (secondary N) is 1. The molecule has 0 radical (unpaired) electrons. The summed E-state index contributed by atoms with van der Waals surface area (Å²) in [6.07, 6.45) is 1.39. The van der Waals surface area contributed by atoms with Crippen LogP contribution >= 0.6 is 11.3 Å². The van der Waals surface area contributed by atoms with E-state index in [0.29, 0.717) is 10.2 Å². The Kier molecular flexibility index (Phi) is 6.03. The van der Waals surface area contributed by atoms with Gasteiger partial charge in [0.25, 0.3) is 11.5 Å². The number of carbonyl (C=O) groups is 3. The first kappa shape index (κ1) is 22.7. The second-order valence-electron chi connectivity index (χ2n) is 8.42. The number of ether oxygens (including phenoxy) is 1. The monoisotopic (exact) mass is 468 g/mol. The van der Waals surface area contributed by atoms with Crippen LogP contribution in [-0.4, -0.2) is 51.0 Å². The molecule has 3 amide bonds. The molecule has 4 rings (SSSR count).